The molecule has 3 aliphatic rings. The number of nitrogens with one attached hydrogen (secondary N) is 2. The predicted octanol–water partition coefficient (Wildman–Crippen LogP) is 7.09. The monoisotopic (exact) mass is 551 g/mol. The van der Waals surface area contributed by atoms with Crippen LogP contribution in [-0.2, 0) is 5.60 Å². The lowest BCUT2D eigenvalue weighted by atomic mass is 9.76. The molecular formula is C36H45N3O2. The number of rotatable bonds is 9. The number of urea groups is 1. The molecule has 3 N–H and O–H groups in total. The van der Waals surface area contributed by atoms with Gasteiger partial charge in [0.15, 0.2) is 0 Å². The fourth-order valence-electron chi connectivity index (χ4n) is 7.92. The third-order valence-corrected chi connectivity index (χ3v) is 10.0. The van der Waals surface area contributed by atoms with Gasteiger partial charge in [-0.2, -0.15) is 0 Å². The maximum absolute atomic E-state index is 13.4. The van der Waals surface area contributed by atoms with Gasteiger partial charge < -0.3 is 15.7 Å². The molecule has 2 amide bonds. The number of aliphatic hydroxyl groups is 1. The van der Waals surface area contributed by atoms with E-state index in [0.717, 1.165) is 42.7 Å². The second-order valence-corrected chi connectivity index (χ2v) is 12.8. The fourth-order valence-corrected chi connectivity index (χ4v) is 7.92. The Kier molecular flexibility index (Phi) is 8.19. The maximum atomic E-state index is 13.4. The van der Waals surface area contributed by atoms with Crippen LogP contribution in [0.5, 0.6) is 0 Å². The van der Waals surface area contributed by atoms with Gasteiger partial charge in [-0.15, -0.1) is 0 Å². The molecule has 0 spiro atoms. The Hall–Kier alpha value is -3.15. The topological polar surface area (TPSA) is 64.6 Å². The Balaban J connectivity index is 1.04. The summed E-state index contributed by atoms with van der Waals surface area (Å²) in [7, 11) is 0. The van der Waals surface area contributed by atoms with Gasteiger partial charge in [-0.3, -0.25) is 4.90 Å². The smallest absolute Gasteiger partial charge is 0.315 e. The Morgan fingerprint density at radius 2 is 1.32 bits per heavy atom. The molecule has 216 valence electrons. The molecule has 6 rings (SSSR count). The van der Waals surface area contributed by atoms with Gasteiger partial charge in [0, 0.05) is 18.1 Å². The first kappa shape index (κ1) is 28.0. The van der Waals surface area contributed by atoms with Gasteiger partial charge in [0.1, 0.15) is 5.60 Å². The van der Waals surface area contributed by atoms with Crippen LogP contribution in [0.4, 0.5) is 4.79 Å². The van der Waals surface area contributed by atoms with Crippen LogP contribution in [0, 0.1) is 11.8 Å². The van der Waals surface area contributed by atoms with E-state index < -0.39 is 11.6 Å². The molecule has 0 unspecified atom stereocenters. The van der Waals surface area contributed by atoms with Crippen molar-refractivity contribution in [1.29, 1.82) is 0 Å². The van der Waals surface area contributed by atoms with Crippen LogP contribution < -0.4 is 10.6 Å². The number of hydrogen-bond acceptors (Lipinski definition) is 3. The van der Waals surface area contributed by atoms with Crippen molar-refractivity contribution in [3.8, 4) is 0 Å². The molecule has 3 aromatic carbocycles. The van der Waals surface area contributed by atoms with Crippen LogP contribution in [0.25, 0.3) is 0 Å². The van der Waals surface area contributed by atoms with Crippen molar-refractivity contribution >= 4 is 6.03 Å². The highest BCUT2D eigenvalue weighted by molar-refractivity contribution is 5.75. The number of amides is 2. The minimum Gasteiger partial charge on any atom is -0.378 e. The molecule has 2 aliphatic heterocycles. The first-order valence-electron chi connectivity index (χ1n) is 15.7. The van der Waals surface area contributed by atoms with Crippen LogP contribution in [0.15, 0.2) is 84.9 Å². The zero-order chi connectivity index (χ0) is 28.4. The lowest BCUT2D eigenvalue weighted by Gasteiger charge is -2.40. The van der Waals surface area contributed by atoms with E-state index >= 15 is 0 Å². The molecule has 2 fully saturated rings. The third kappa shape index (κ3) is 5.54. The van der Waals surface area contributed by atoms with Gasteiger partial charge in [0.25, 0.3) is 0 Å². The van der Waals surface area contributed by atoms with E-state index in [2.05, 4.69) is 53.6 Å². The molecule has 3 atom stereocenters. The second kappa shape index (κ2) is 12.0. The lowest BCUT2D eigenvalue weighted by molar-refractivity contribution is 0.0232. The molecular weight excluding hydrogens is 506 g/mol. The minimum absolute atomic E-state index is 0.00826. The summed E-state index contributed by atoms with van der Waals surface area (Å²) in [5.74, 6) is 0.734. The number of benzene rings is 3. The summed E-state index contributed by atoms with van der Waals surface area (Å²) in [6.45, 7) is 5.29. The van der Waals surface area contributed by atoms with E-state index in [1.807, 2.05) is 60.7 Å². The normalized spacial score (nSPS) is 24.7. The fraction of sp³-hybridized carbons (Fsp3) is 0.472. The standard InChI is InChI=1S/C36H45N3O2/c1-25(2)34(36(41,27-11-5-3-6-12-27)28-13-7-4-8-14-28)38-35(40)37-29-19-17-26(18-20-29)23-24-39-32-21-22-33(39)31-16-10-9-15-30(31)32/h3-16,25-26,29,32-34,41H,17-24H2,1-2H3,(H2,37,38,40)/t26?,29?,32-,33+,34-/m0/s1. The highest BCUT2D eigenvalue weighted by atomic mass is 16.3. The summed E-state index contributed by atoms with van der Waals surface area (Å²) in [5, 5.41) is 18.7. The number of fused-ring (bicyclic) bond motifs is 5. The van der Waals surface area contributed by atoms with Crippen molar-refractivity contribution in [1.82, 2.24) is 15.5 Å². The van der Waals surface area contributed by atoms with Crippen LogP contribution in [-0.4, -0.2) is 34.7 Å². The Morgan fingerprint density at radius 3 is 1.83 bits per heavy atom. The van der Waals surface area contributed by atoms with E-state index in [1.165, 1.54) is 25.8 Å². The summed E-state index contributed by atoms with van der Waals surface area (Å²) in [5.41, 5.74) is 3.34. The number of carbonyl (C=O) groups is 1. The Morgan fingerprint density at radius 1 is 0.805 bits per heavy atom. The average molecular weight is 552 g/mol. The zero-order valence-electron chi connectivity index (χ0n) is 24.5. The number of nitrogens with zero attached hydrogens (tertiary/aromatic N) is 1. The molecule has 2 heterocycles. The van der Waals surface area contributed by atoms with Crippen molar-refractivity contribution in [2.24, 2.45) is 11.8 Å². The average Bonchev–Trinajstić information content (AvgIpc) is 3.56. The molecule has 0 radical (unpaired) electrons. The maximum Gasteiger partial charge on any atom is 0.315 e. The molecule has 2 bridgehead atoms. The Bertz CT molecular complexity index is 1230. The molecule has 1 aliphatic carbocycles. The zero-order valence-corrected chi connectivity index (χ0v) is 24.5. The summed E-state index contributed by atoms with van der Waals surface area (Å²) in [6.07, 6.45) is 8.19. The summed E-state index contributed by atoms with van der Waals surface area (Å²) >= 11 is 0. The van der Waals surface area contributed by atoms with Crippen LogP contribution in [0.3, 0.4) is 0 Å². The first-order valence-corrected chi connectivity index (χ1v) is 15.7. The lowest BCUT2D eigenvalue weighted by Crippen LogP contribution is -2.57. The predicted molar refractivity (Wildman–Crippen MR) is 164 cm³/mol. The van der Waals surface area contributed by atoms with Crippen LogP contribution >= 0.6 is 0 Å². The number of carbonyl (C=O) groups excluding carboxylic acids is 1. The summed E-state index contributed by atoms with van der Waals surface area (Å²) in [6, 6.07) is 29.2. The van der Waals surface area contributed by atoms with E-state index in [0.29, 0.717) is 12.1 Å². The first-order chi connectivity index (χ1) is 19.9. The van der Waals surface area contributed by atoms with Crippen LogP contribution in [0.1, 0.15) is 93.1 Å². The second-order valence-electron chi connectivity index (χ2n) is 12.8. The van der Waals surface area contributed by atoms with E-state index in [4.69, 9.17) is 0 Å². The van der Waals surface area contributed by atoms with Crippen LogP contribution in [0.2, 0.25) is 0 Å². The molecule has 5 nitrogen and oxygen atoms in total. The molecule has 3 aromatic rings. The van der Waals surface area contributed by atoms with Gasteiger partial charge in [-0.05, 0) is 85.6 Å². The van der Waals surface area contributed by atoms with Gasteiger partial charge in [-0.1, -0.05) is 98.8 Å². The van der Waals surface area contributed by atoms with Crippen molar-refractivity contribution in [2.45, 2.75) is 88.6 Å². The van der Waals surface area contributed by atoms with Crippen molar-refractivity contribution in [3.05, 3.63) is 107 Å². The van der Waals surface area contributed by atoms with Gasteiger partial charge in [0.2, 0.25) is 0 Å². The quantitative estimate of drug-likeness (QED) is 0.266. The van der Waals surface area contributed by atoms with Crippen molar-refractivity contribution < 1.29 is 9.90 Å². The van der Waals surface area contributed by atoms with Gasteiger partial charge in [0.05, 0.1) is 6.04 Å². The molecule has 41 heavy (non-hydrogen) atoms. The highest BCUT2D eigenvalue weighted by Crippen LogP contribution is 2.53. The minimum atomic E-state index is -1.35. The van der Waals surface area contributed by atoms with Gasteiger partial charge >= 0.3 is 6.03 Å². The SMILES string of the molecule is CC(C)[C@H](NC(=O)NC1CCC(CCN2[C@@H]3CC[C@H]2c2ccccc23)CC1)C(O)(c1ccccc1)c1ccccc1. The van der Waals surface area contributed by atoms with E-state index in [9.17, 15) is 9.90 Å². The van der Waals surface area contributed by atoms with Crippen molar-refractivity contribution in [2.75, 3.05) is 6.54 Å². The van der Waals surface area contributed by atoms with Crippen molar-refractivity contribution in [3.63, 3.8) is 0 Å². The summed E-state index contributed by atoms with van der Waals surface area (Å²) in [4.78, 5) is 16.1. The summed E-state index contributed by atoms with van der Waals surface area (Å²) < 4.78 is 0. The largest absolute Gasteiger partial charge is 0.378 e. The van der Waals surface area contributed by atoms with E-state index in [1.54, 1.807) is 11.1 Å². The number of hydrogen-bond donors (Lipinski definition) is 3. The molecule has 5 heteroatoms. The molecule has 1 saturated heterocycles. The van der Waals surface area contributed by atoms with E-state index in [-0.39, 0.29) is 18.0 Å². The third-order valence-electron chi connectivity index (χ3n) is 10.0. The van der Waals surface area contributed by atoms with Gasteiger partial charge in [-0.25, -0.2) is 4.79 Å². The molecule has 0 aromatic heterocycles. The Labute approximate surface area is 245 Å². The highest BCUT2D eigenvalue weighted by Gasteiger charge is 2.44. The molecule has 1 saturated carbocycles.